The van der Waals surface area contributed by atoms with Gasteiger partial charge in [0, 0.05) is 17.8 Å². The maximum Gasteiger partial charge on any atom is 0.255 e. The summed E-state index contributed by atoms with van der Waals surface area (Å²) in [4.78, 5) is 14.8. The number of hydrogen-bond donors (Lipinski definition) is 2. The van der Waals surface area contributed by atoms with Crippen LogP contribution in [0.4, 0.5) is 5.69 Å². The average Bonchev–Trinajstić information content (AvgIpc) is 2.71. The molecule has 0 heterocycles. The second-order valence-electron chi connectivity index (χ2n) is 6.17. The highest BCUT2D eigenvalue weighted by atomic mass is 32.2. The Morgan fingerprint density at radius 2 is 1.79 bits per heavy atom. The normalized spacial score (nSPS) is 11.2. The molecule has 0 bridgehead atoms. The molecule has 0 saturated carbocycles. The SMILES string of the molecule is C#CCNS(=O)(=O)c1ccc(C(=O)Nc2cccc(CN(CC)CC)c2)cc1. The van der Waals surface area contributed by atoms with E-state index >= 15 is 0 Å². The third-order valence-electron chi connectivity index (χ3n) is 4.28. The van der Waals surface area contributed by atoms with Crippen molar-refractivity contribution in [1.29, 1.82) is 0 Å². The summed E-state index contributed by atoms with van der Waals surface area (Å²) < 4.78 is 26.3. The van der Waals surface area contributed by atoms with Gasteiger partial charge in [0.05, 0.1) is 11.4 Å². The Labute approximate surface area is 167 Å². The maximum atomic E-state index is 12.5. The van der Waals surface area contributed by atoms with Crippen molar-refractivity contribution < 1.29 is 13.2 Å². The highest BCUT2D eigenvalue weighted by Crippen LogP contribution is 2.15. The number of rotatable bonds is 9. The lowest BCUT2D eigenvalue weighted by Crippen LogP contribution is -2.24. The minimum atomic E-state index is -3.67. The van der Waals surface area contributed by atoms with E-state index < -0.39 is 10.0 Å². The molecule has 2 aromatic carbocycles. The predicted molar refractivity (Wildman–Crippen MR) is 111 cm³/mol. The third kappa shape index (κ3) is 5.92. The number of hydrogen-bond acceptors (Lipinski definition) is 4. The van der Waals surface area contributed by atoms with Gasteiger partial charge in [-0.2, -0.15) is 4.72 Å². The molecule has 0 unspecified atom stereocenters. The first-order valence-corrected chi connectivity index (χ1v) is 10.5. The van der Waals surface area contributed by atoms with Crippen LogP contribution in [0.3, 0.4) is 0 Å². The van der Waals surface area contributed by atoms with Gasteiger partial charge in [0.1, 0.15) is 0 Å². The van der Waals surface area contributed by atoms with Crippen molar-refractivity contribution in [3.8, 4) is 12.3 Å². The molecule has 0 spiro atoms. The number of anilines is 1. The second kappa shape index (κ2) is 10.0. The van der Waals surface area contributed by atoms with Gasteiger partial charge in [-0.05, 0) is 55.1 Å². The fraction of sp³-hybridized carbons (Fsp3) is 0.286. The number of carbonyl (C=O) groups is 1. The quantitative estimate of drug-likeness (QED) is 0.636. The minimum Gasteiger partial charge on any atom is -0.322 e. The van der Waals surface area contributed by atoms with E-state index in [0.717, 1.165) is 25.2 Å². The van der Waals surface area contributed by atoms with Crippen LogP contribution in [0.25, 0.3) is 0 Å². The van der Waals surface area contributed by atoms with Gasteiger partial charge in [-0.15, -0.1) is 6.42 Å². The van der Waals surface area contributed by atoms with Gasteiger partial charge in [0.25, 0.3) is 5.91 Å². The summed E-state index contributed by atoms with van der Waals surface area (Å²) in [5, 5.41) is 2.85. The second-order valence-corrected chi connectivity index (χ2v) is 7.94. The molecule has 0 aliphatic carbocycles. The van der Waals surface area contributed by atoms with Crippen molar-refractivity contribution in [2.24, 2.45) is 0 Å². The molecule has 0 aliphatic heterocycles. The lowest BCUT2D eigenvalue weighted by Gasteiger charge is -2.18. The Bertz CT molecular complexity index is 944. The zero-order chi connectivity index (χ0) is 20.6. The molecule has 0 aliphatic rings. The monoisotopic (exact) mass is 399 g/mol. The largest absolute Gasteiger partial charge is 0.322 e. The van der Waals surface area contributed by atoms with E-state index in [0.29, 0.717) is 11.3 Å². The van der Waals surface area contributed by atoms with Gasteiger partial charge in [0.15, 0.2) is 0 Å². The summed E-state index contributed by atoms with van der Waals surface area (Å²) in [5.74, 6) is 1.91. The first-order chi connectivity index (χ1) is 13.4. The number of nitrogens with zero attached hydrogens (tertiary/aromatic N) is 1. The fourth-order valence-electron chi connectivity index (χ4n) is 2.66. The zero-order valence-corrected chi connectivity index (χ0v) is 16.9. The van der Waals surface area contributed by atoms with Gasteiger partial charge in [-0.1, -0.05) is 31.9 Å². The minimum absolute atomic E-state index is 0.0560. The standard InChI is InChI=1S/C21H25N3O3S/c1-4-14-22-28(26,27)20-12-10-18(11-13-20)21(25)23-19-9-7-8-17(15-19)16-24(5-2)6-3/h1,7-13,15,22H,5-6,14,16H2,2-3H3,(H,23,25). The fourth-order valence-corrected chi connectivity index (χ4v) is 3.60. The Morgan fingerprint density at radius 3 is 2.39 bits per heavy atom. The van der Waals surface area contributed by atoms with Crippen molar-refractivity contribution >= 4 is 21.6 Å². The summed E-state index contributed by atoms with van der Waals surface area (Å²) in [6.07, 6.45) is 5.07. The van der Waals surface area contributed by atoms with Crippen LogP contribution in [-0.4, -0.2) is 38.9 Å². The van der Waals surface area contributed by atoms with E-state index in [-0.39, 0.29) is 17.3 Å². The molecule has 0 radical (unpaired) electrons. The van der Waals surface area contributed by atoms with Crippen molar-refractivity contribution in [3.05, 3.63) is 59.7 Å². The lowest BCUT2D eigenvalue weighted by atomic mass is 10.1. The zero-order valence-electron chi connectivity index (χ0n) is 16.1. The van der Waals surface area contributed by atoms with Crippen LogP contribution in [0.2, 0.25) is 0 Å². The predicted octanol–water partition coefficient (Wildman–Crippen LogP) is 2.69. The maximum absolute atomic E-state index is 12.5. The number of nitrogens with one attached hydrogen (secondary N) is 2. The summed E-state index contributed by atoms with van der Waals surface area (Å²) in [7, 11) is -3.67. The summed E-state index contributed by atoms with van der Waals surface area (Å²) >= 11 is 0. The molecule has 0 saturated heterocycles. The van der Waals surface area contributed by atoms with Gasteiger partial charge < -0.3 is 5.32 Å². The molecule has 0 fully saturated rings. The van der Waals surface area contributed by atoms with Gasteiger partial charge >= 0.3 is 0 Å². The van der Waals surface area contributed by atoms with Gasteiger partial charge in [0.2, 0.25) is 10.0 Å². The molecule has 2 N–H and O–H groups in total. The molecule has 0 aromatic heterocycles. The van der Waals surface area contributed by atoms with Crippen molar-refractivity contribution in [3.63, 3.8) is 0 Å². The number of amides is 1. The van der Waals surface area contributed by atoms with E-state index in [1.165, 1.54) is 24.3 Å². The number of sulfonamides is 1. The van der Waals surface area contributed by atoms with Crippen molar-refractivity contribution in [2.45, 2.75) is 25.3 Å². The molecule has 2 rings (SSSR count). The Kier molecular flexibility index (Phi) is 7.76. The van der Waals surface area contributed by atoms with Gasteiger partial charge in [-0.3, -0.25) is 9.69 Å². The van der Waals surface area contributed by atoms with Crippen molar-refractivity contribution in [1.82, 2.24) is 9.62 Å². The molecule has 6 nitrogen and oxygen atoms in total. The number of benzene rings is 2. The molecule has 0 atom stereocenters. The number of carbonyl (C=O) groups excluding carboxylic acids is 1. The Hall–Kier alpha value is -2.66. The van der Waals surface area contributed by atoms with E-state index in [9.17, 15) is 13.2 Å². The van der Waals surface area contributed by atoms with E-state index in [1.807, 2.05) is 24.3 Å². The Balaban J connectivity index is 2.08. The highest BCUT2D eigenvalue weighted by Gasteiger charge is 2.14. The Morgan fingerprint density at radius 1 is 1.11 bits per heavy atom. The molecule has 7 heteroatoms. The van der Waals surface area contributed by atoms with Gasteiger partial charge in [-0.25, -0.2) is 8.42 Å². The molecule has 1 amide bonds. The van der Waals surface area contributed by atoms with E-state index in [2.05, 4.69) is 34.7 Å². The molecular weight excluding hydrogens is 374 g/mol. The molecule has 2 aromatic rings. The van der Waals surface area contributed by atoms with Crippen LogP contribution in [-0.2, 0) is 16.6 Å². The molecule has 28 heavy (non-hydrogen) atoms. The summed E-state index contributed by atoms with van der Waals surface area (Å²) in [6.45, 7) is 6.86. The average molecular weight is 400 g/mol. The topological polar surface area (TPSA) is 78.5 Å². The smallest absolute Gasteiger partial charge is 0.255 e. The summed E-state index contributed by atoms with van der Waals surface area (Å²) in [5.41, 5.74) is 2.18. The van der Waals surface area contributed by atoms with Crippen LogP contribution in [0.1, 0.15) is 29.8 Å². The van der Waals surface area contributed by atoms with Crippen LogP contribution in [0, 0.1) is 12.3 Å². The number of terminal acetylenes is 1. The lowest BCUT2D eigenvalue weighted by molar-refractivity contribution is 0.102. The van der Waals surface area contributed by atoms with Crippen LogP contribution >= 0.6 is 0 Å². The van der Waals surface area contributed by atoms with Crippen molar-refractivity contribution in [2.75, 3.05) is 25.0 Å². The van der Waals surface area contributed by atoms with E-state index in [1.54, 1.807) is 0 Å². The first-order valence-electron chi connectivity index (χ1n) is 9.05. The summed E-state index contributed by atoms with van der Waals surface area (Å²) in [6, 6.07) is 13.4. The van der Waals surface area contributed by atoms with Crippen LogP contribution in [0.5, 0.6) is 0 Å². The molecular formula is C21H25N3O3S. The van der Waals surface area contributed by atoms with Crippen LogP contribution in [0.15, 0.2) is 53.4 Å². The molecule has 148 valence electrons. The third-order valence-corrected chi connectivity index (χ3v) is 5.69. The van der Waals surface area contributed by atoms with Crippen LogP contribution < -0.4 is 10.0 Å². The van der Waals surface area contributed by atoms with E-state index in [4.69, 9.17) is 6.42 Å². The highest BCUT2D eigenvalue weighted by molar-refractivity contribution is 7.89. The first kappa shape index (κ1) is 21.6.